The van der Waals surface area contributed by atoms with E-state index < -0.39 is 29.6 Å². The van der Waals surface area contributed by atoms with Crippen molar-refractivity contribution < 1.29 is 24.2 Å². The smallest absolute Gasteiger partial charge is 0.253 e. The number of benzene rings is 1. The molecule has 0 aromatic heterocycles. The lowest BCUT2D eigenvalue weighted by Gasteiger charge is -2.37. The Kier molecular flexibility index (Phi) is 8.88. The molecule has 3 fully saturated rings. The van der Waals surface area contributed by atoms with Gasteiger partial charge in [-0.2, -0.15) is 0 Å². The van der Waals surface area contributed by atoms with E-state index >= 15 is 0 Å². The summed E-state index contributed by atoms with van der Waals surface area (Å²) in [4.78, 5) is 48.5. The van der Waals surface area contributed by atoms with Crippen LogP contribution in [-0.4, -0.2) is 102 Å². The lowest BCUT2D eigenvalue weighted by atomic mass is 9.70. The number of likely N-dealkylation sites (tertiary alicyclic amines) is 1. The molecule has 2 bridgehead atoms. The molecule has 1 spiro atoms. The number of ether oxygens (including phenoxy) is 1. The molecule has 1 aromatic rings. The third-order valence-electron chi connectivity index (χ3n) is 8.30. The van der Waals surface area contributed by atoms with Gasteiger partial charge in [0.05, 0.1) is 24.5 Å². The Morgan fingerprint density at radius 1 is 1.13 bits per heavy atom. The first-order chi connectivity index (χ1) is 18.7. The third-order valence-corrected chi connectivity index (χ3v) is 9.14. The number of aliphatic hydroxyl groups excluding tert-OH is 1. The van der Waals surface area contributed by atoms with Gasteiger partial charge in [-0.3, -0.25) is 14.4 Å². The highest BCUT2D eigenvalue weighted by Gasteiger charge is 2.76. The first-order valence-electron chi connectivity index (χ1n) is 13.6. The van der Waals surface area contributed by atoms with Crippen LogP contribution in [0.4, 0.5) is 11.4 Å². The van der Waals surface area contributed by atoms with E-state index in [-0.39, 0.29) is 42.2 Å². The van der Waals surface area contributed by atoms with Crippen LogP contribution in [0.1, 0.15) is 20.3 Å². The summed E-state index contributed by atoms with van der Waals surface area (Å²) in [5, 5.41) is 9.87. The number of β-amino-alcohol motifs (C(OH)–C–C–N with tert-alkyl or cyclic N) is 1. The Balaban J connectivity index is 1.74. The van der Waals surface area contributed by atoms with Gasteiger partial charge < -0.3 is 29.4 Å². The number of carbonyl (C=O) groups is 3. The van der Waals surface area contributed by atoms with Gasteiger partial charge in [0.15, 0.2) is 0 Å². The van der Waals surface area contributed by atoms with Crippen LogP contribution in [-0.2, 0) is 19.1 Å². The summed E-state index contributed by atoms with van der Waals surface area (Å²) in [5.41, 5.74) is 0.544. The van der Waals surface area contributed by atoms with Crippen molar-refractivity contribution in [2.75, 3.05) is 56.2 Å². The van der Waals surface area contributed by atoms with E-state index in [4.69, 9.17) is 4.74 Å². The molecule has 3 unspecified atom stereocenters. The highest BCUT2D eigenvalue weighted by molar-refractivity contribution is 9.09. The summed E-state index contributed by atoms with van der Waals surface area (Å²) in [6, 6.07) is 6.77. The number of nitrogens with zero attached hydrogens (tertiary/aromatic N) is 4. The van der Waals surface area contributed by atoms with Crippen molar-refractivity contribution in [3.05, 3.63) is 49.6 Å². The van der Waals surface area contributed by atoms with Crippen LogP contribution in [0.2, 0.25) is 0 Å². The fraction of sp³-hybridized carbons (Fsp3) is 0.552. The number of carbonyl (C=O) groups excluding carboxylic acids is 3. The number of hydrogen-bond donors (Lipinski definition) is 1. The second kappa shape index (κ2) is 11.8. The predicted octanol–water partition coefficient (Wildman–Crippen LogP) is 2.44. The molecule has 0 radical (unpaired) electrons. The maximum atomic E-state index is 14.4. The first-order valence-corrected chi connectivity index (χ1v) is 14.5. The molecule has 3 aliphatic rings. The molecule has 6 atom stereocenters. The molecule has 3 amide bonds. The highest BCUT2D eigenvalue weighted by Crippen LogP contribution is 2.60. The summed E-state index contributed by atoms with van der Waals surface area (Å²) in [6.07, 6.45) is 3.15. The first kappa shape index (κ1) is 29.3. The molecule has 0 saturated carbocycles. The van der Waals surface area contributed by atoms with E-state index in [1.807, 2.05) is 24.3 Å². The van der Waals surface area contributed by atoms with E-state index in [1.54, 1.807) is 24.1 Å². The minimum Gasteiger partial charge on any atom is -0.395 e. The molecule has 1 N–H and O–H groups in total. The number of fused-ring (bicyclic) bond motifs is 1. The molecule has 3 heterocycles. The van der Waals surface area contributed by atoms with Crippen LogP contribution >= 0.6 is 15.9 Å². The molecule has 0 aliphatic carbocycles. The fourth-order valence-corrected chi connectivity index (χ4v) is 7.55. The number of rotatable bonds is 12. The monoisotopic (exact) mass is 602 g/mol. The molecule has 3 saturated heterocycles. The largest absolute Gasteiger partial charge is 0.395 e. The average Bonchev–Trinajstić information content (AvgIpc) is 3.51. The molecule has 1 aromatic carbocycles. The summed E-state index contributed by atoms with van der Waals surface area (Å²) < 4.78 is 6.54. The average molecular weight is 604 g/mol. The normalized spacial score (nSPS) is 28.8. The van der Waals surface area contributed by atoms with E-state index in [0.717, 1.165) is 18.8 Å². The summed E-state index contributed by atoms with van der Waals surface area (Å²) >= 11 is 3.69. The predicted molar refractivity (Wildman–Crippen MR) is 155 cm³/mol. The van der Waals surface area contributed by atoms with Crippen molar-refractivity contribution in [2.45, 2.75) is 42.8 Å². The number of hydrogen-bond acceptors (Lipinski definition) is 6. The Labute approximate surface area is 239 Å². The molecule has 4 rings (SSSR count). The van der Waals surface area contributed by atoms with Crippen molar-refractivity contribution in [3.8, 4) is 0 Å². The van der Waals surface area contributed by atoms with Crippen LogP contribution in [0, 0.1) is 11.8 Å². The number of likely N-dealkylation sites (N-methyl/N-ethyl adjacent to an activating group) is 1. The van der Waals surface area contributed by atoms with Crippen LogP contribution in [0.3, 0.4) is 0 Å². The van der Waals surface area contributed by atoms with E-state index in [1.165, 1.54) is 9.80 Å². The second-order valence-corrected chi connectivity index (χ2v) is 11.5. The van der Waals surface area contributed by atoms with E-state index in [2.05, 4.69) is 47.8 Å². The highest BCUT2D eigenvalue weighted by atomic mass is 79.9. The number of halogens is 1. The molecular formula is C29H39BrN4O5. The third kappa shape index (κ3) is 4.80. The van der Waals surface area contributed by atoms with Gasteiger partial charge >= 0.3 is 0 Å². The number of alkyl halides is 1. The summed E-state index contributed by atoms with van der Waals surface area (Å²) in [7, 11) is 1.67. The Bertz CT molecular complexity index is 1110. The zero-order chi connectivity index (χ0) is 28.5. The quantitative estimate of drug-likeness (QED) is 0.292. The van der Waals surface area contributed by atoms with Crippen molar-refractivity contribution >= 4 is 45.0 Å². The van der Waals surface area contributed by atoms with Gasteiger partial charge in [-0.05, 0) is 44.5 Å². The number of anilines is 2. The van der Waals surface area contributed by atoms with Crippen LogP contribution in [0.5, 0.6) is 0 Å². The zero-order valence-electron chi connectivity index (χ0n) is 23.0. The second-order valence-electron chi connectivity index (χ2n) is 10.4. The maximum absolute atomic E-state index is 14.4. The van der Waals surface area contributed by atoms with Gasteiger partial charge in [0, 0.05) is 56.0 Å². The van der Waals surface area contributed by atoms with Crippen LogP contribution in [0.25, 0.3) is 0 Å². The molecular weight excluding hydrogens is 564 g/mol. The molecule has 39 heavy (non-hydrogen) atoms. The van der Waals surface area contributed by atoms with Gasteiger partial charge in [-0.25, -0.2) is 0 Å². The number of aliphatic hydroxyl groups is 1. The van der Waals surface area contributed by atoms with Gasteiger partial charge in [0.1, 0.15) is 11.6 Å². The topological polar surface area (TPSA) is 93.6 Å². The van der Waals surface area contributed by atoms with Crippen LogP contribution in [0.15, 0.2) is 49.6 Å². The van der Waals surface area contributed by atoms with E-state index in [0.29, 0.717) is 18.7 Å². The molecule has 9 nitrogen and oxygen atoms in total. The van der Waals surface area contributed by atoms with Crippen molar-refractivity contribution in [2.24, 2.45) is 11.8 Å². The Hall–Kier alpha value is -2.69. The Morgan fingerprint density at radius 3 is 2.31 bits per heavy atom. The molecule has 10 heteroatoms. The van der Waals surface area contributed by atoms with Gasteiger partial charge in [-0.1, -0.05) is 28.1 Å². The number of amides is 3. The lowest BCUT2D eigenvalue weighted by Crippen LogP contribution is -2.57. The van der Waals surface area contributed by atoms with Crippen molar-refractivity contribution in [1.82, 2.24) is 9.80 Å². The Morgan fingerprint density at radius 2 is 1.74 bits per heavy atom. The zero-order valence-corrected chi connectivity index (χ0v) is 24.5. The van der Waals surface area contributed by atoms with Crippen LogP contribution < -0.4 is 9.80 Å². The standard InChI is InChI=1S/C29H39BrN4O5/c1-6-14-31(5)26(36)22-23-27(37)34(16-17-35)25(29(23)18-21(30)24(22)39-29)28(38)33(15-7-2)20-12-10-19(11-13-20)32(8-3)9-4/h6-7,10-13,21-25,35H,1-2,8-9,14-18H2,3-5H3/t21?,22-,23+,24-,25?,29?/m1/s1. The van der Waals surface area contributed by atoms with Gasteiger partial charge in [0.2, 0.25) is 11.8 Å². The fourth-order valence-electron chi connectivity index (χ4n) is 6.61. The minimum absolute atomic E-state index is 0.0271. The van der Waals surface area contributed by atoms with Gasteiger partial charge in [0.25, 0.3) is 5.91 Å². The minimum atomic E-state index is -1.18. The van der Waals surface area contributed by atoms with Crippen molar-refractivity contribution in [1.29, 1.82) is 0 Å². The summed E-state index contributed by atoms with van der Waals surface area (Å²) in [6.45, 7) is 13.7. The van der Waals surface area contributed by atoms with Gasteiger partial charge in [-0.15, -0.1) is 13.2 Å². The SMILES string of the molecule is C=CCN(C)C(=O)[C@H]1[C@@H]2OC3(CC2Br)C(C(=O)N(CC=C)c2ccc(N(CC)CC)cc2)N(CCO)C(=O)[C@H]13. The summed E-state index contributed by atoms with van der Waals surface area (Å²) in [5.74, 6) is -2.41. The molecule has 3 aliphatic heterocycles. The lowest BCUT2D eigenvalue weighted by molar-refractivity contribution is -0.144. The van der Waals surface area contributed by atoms with Crippen molar-refractivity contribution in [3.63, 3.8) is 0 Å². The maximum Gasteiger partial charge on any atom is 0.253 e. The molecule has 212 valence electrons. The van der Waals surface area contributed by atoms with E-state index in [9.17, 15) is 19.5 Å².